The Hall–Kier alpha value is -6.39. The first-order valence-electron chi connectivity index (χ1n) is 15.9. The first kappa shape index (κ1) is 25.9. The van der Waals surface area contributed by atoms with Gasteiger partial charge < -0.3 is 8.98 Å². The predicted molar refractivity (Wildman–Crippen MR) is 194 cm³/mol. The van der Waals surface area contributed by atoms with Crippen LogP contribution in [0.1, 0.15) is 0 Å². The van der Waals surface area contributed by atoms with E-state index < -0.39 is 0 Å². The summed E-state index contributed by atoms with van der Waals surface area (Å²) in [5.74, 6) is 0. The maximum absolute atomic E-state index is 6.40. The topological polar surface area (TPSA) is 35.9 Å². The zero-order valence-electron chi connectivity index (χ0n) is 25.3. The molecule has 4 heteroatoms. The average molecular weight is 602 g/mol. The normalized spacial score (nSPS) is 11.8. The quantitative estimate of drug-likeness (QED) is 0.201. The number of furan rings is 1. The number of rotatable bonds is 4. The van der Waals surface area contributed by atoms with Crippen molar-refractivity contribution < 1.29 is 4.42 Å². The van der Waals surface area contributed by atoms with Crippen molar-refractivity contribution in [3.63, 3.8) is 0 Å². The van der Waals surface area contributed by atoms with Crippen LogP contribution in [0.5, 0.6) is 0 Å². The highest BCUT2D eigenvalue weighted by Gasteiger charge is 2.17. The molecule has 10 aromatic rings. The minimum absolute atomic E-state index is 0.914. The van der Waals surface area contributed by atoms with Crippen molar-refractivity contribution in [2.24, 2.45) is 0 Å². The minimum atomic E-state index is 0.914. The van der Waals surface area contributed by atoms with Gasteiger partial charge in [0, 0.05) is 38.4 Å². The molecule has 0 fully saturated rings. The van der Waals surface area contributed by atoms with E-state index in [-0.39, 0.29) is 0 Å². The zero-order valence-corrected chi connectivity index (χ0v) is 25.3. The van der Waals surface area contributed by atoms with Crippen LogP contribution in [0, 0.1) is 0 Å². The number of hydrogen-bond acceptors (Lipinski definition) is 2. The molecule has 0 aliphatic rings. The van der Waals surface area contributed by atoms with E-state index in [1.54, 1.807) is 0 Å². The Morgan fingerprint density at radius 3 is 2.06 bits per heavy atom. The van der Waals surface area contributed by atoms with Gasteiger partial charge in [-0.25, -0.2) is 4.98 Å². The fourth-order valence-electron chi connectivity index (χ4n) is 7.26. The largest absolute Gasteiger partial charge is 0.455 e. The average Bonchev–Trinajstić information content (AvgIpc) is 3.83. The maximum atomic E-state index is 6.40. The third kappa shape index (κ3) is 3.92. The summed E-state index contributed by atoms with van der Waals surface area (Å²) >= 11 is 0. The molecular formula is C43H27N3O. The lowest BCUT2D eigenvalue weighted by atomic mass is 10.0. The Bertz CT molecular complexity index is 2800. The molecule has 0 aliphatic heterocycles. The molecule has 7 aromatic carbocycles. The van der Waals surface area contributed by atoms with Crippen LogP contribution in [0.15, 0.2) is 168 Å². The van der Waals surface area contributed by atoms with E-state index in [1.807, 2.05) is 24.5 Å². The van der Waals surface area contributed by atoms with Gasteiger partial charge >= 0.3 is 0 Å². The molecule has 220 valence electrons. The fraction of sp³-hybridized carbons (Fsp3) is 0. The number of hydrogen-bond donors (Lipinski definition) is 0. The second-order valence-corrected chi connectivity index (χ2v) is 12.0. The van der Waals surface area contributed by atoms with Crippen LogP contribution < -0.4 is 0 Å². The van der Waals surface area contributed by atoms with Crippen LogP contribution in [0.3, 0.4) is 0 Å². The van der Waals surface area contributed by atoms with Gasteiger partial charge in [0.15, 0.2) is 0 Å². The molecule has 0 N–H and O–H groups in total. The molecule has 0 saturated heterocycles. The summed E-state index contributed by atoms with van der Waals surface area (Å²) in [6.07, 6.45) is 1.92. The highest BCUT2D eigenvalue weighted by molar-refractivity contribution is 6.13. The Balaban J connectivity index is 1.10. The van der Waals surface area contributed by atoms with Crippen LogP contribution in [-0.4, -0.2) is 14.1 Å². The fourth-order valence-corrected chi connectivity index (χ4v) is 7.26. The third-order valence-corrected chi connectivity index (χ3v) is 9.44. The number of aromatic nitrogens is 3. The van der Waals surface area contributed by atoms with Gasteiger partial charge in [-0.1, -0.05) is 103 Å². The molecule has 0 atom stereocenters. The lowest BCUT2D eigenvalue weighted by Gasteiger charge is -2.13. The van der Waals surface area contributed by atoms with Gasteiger partial charge in [0.05, 0.1) is 27.8 Å². The summed E-state index contributed by atoms with van der Waals surface area (Å²) in [4.78, 5) is 4.64. The summed E-state index contributed by atoms with van der Waals surface area (Å²) in [5.41, 5.74) is 13.1. The van der Waals surface area contributed by atoms with Gasteiger partial charge in [0.1, 0.15) is 17.5 Å². The van der Waals surface area contributed by atoms with Gasteiger partial charge in [-0.15, -0.1) is 0 Å². The number of imidazole rings is 1. The summed E-state index contributed by atoms with van der Waals surface area (Å²) in [6.45, 7) is 0. The van der Waals surface area contributed by atoms with Crippen LogP contribution in [0.25, 0.3) is 88.4 Å². The molecule has 0 saturated carbocycles. The highest BCUT2D eigenvalue weighted by Crippen LogP contribution is 2.39. The molecule has 0 unspecified atom stereocenters. The van der Waals surface area contributed by atoms with E-state index in [0.29, 0.717) is 0 Å². The molecule has 0 bridgehead atoms. The van der Waals surface area contributed by atoms with Crippen LogP contribution >= 0.6 is 0 Å². The SMILES string of the molecule is c1ccc(-n2cnc3ccccc32)c(-c2ccc(-n3c4ccccc4c4cc(-c5cccc6c5oc5ccccc56)ccc43)cc2)c1. The Morgan fingerprint density at radius 2 is 1.15 bits per heavy atom. The van der Waals surface area contributed by atoms with E-state index >= 15 is 0 Å². The predicted octanol–water partition coefficient (Wildman–Crippen LogP) is 11.4. The Kier molecular flexibility index (Phi) is 5.54. The van der Waals surface area contributed by atoms with E-state index in [2.05, 4.69) is 154 Å². The summed E-state index contributed by atoms with van der Waals surface area (Å²) in [6, 6.07) is 55.9. The van der Waals surface area contributed by atoms with E-state index in [9.17, 15) is 0 Å². The van der Waals surface area contributed by atoms with Gasteiger partial charge in [-0.3, -0.25) is 4.57 Å². The second kappa shape index (κ2) is 10.1. The summed E-state index contributed by atoms with van der Waals surface area (Å²) in [7, 11) is 0. The highest BCUT2D eigenvalue weighted by atomic mass is 16.3. The molecule has 10 rings (SSSR count). The van der Waals surface area contributed by atoms with Gasteiger partial charge in [0.2, 0.25) is 0 Å². The van der Waals surface area contributed by atoms with Crippen molar-refractivity contribution in [1.29, 1.82) is 0 Å². The molecule has 0 amide bonds. The molecule has 0 radical (unpaired) electrons. The van der Waals surface area contributed by atoms with Gasteiger partial charge in [-0.2, -0.15) is 0 Å². The molecule has 0 spiro atoms. The number of nitrogens with zero attached hydrogens (tertiary/aromatic N) is 3. The zero-order chi connectivity index (χ0) is 30.9. The van der Waals surface area contributed by atoms with Crippen LogP contribution in [-0.2, 0) is 0 Å². The van der Waals surface area contributed by atoms with Gasteiger partial charge in [-0.05, 0) is 65.7 Å². The lowest BCUT2D eigenvalue weighted by Crippen LogP contribution is -1.96. The van der Waals surface area contributed by atoms with E-state index in [0.717, 1.165) is 66.6 Å². The molecule has 47 heavy (non-hydrogen) atoms. The first-order chi connectivity index (χ1) is 23.3. The third-order valence-electron chi connectivity index (χ3n) is 9.44. The van der Waals surface area contributed by atoms with E-state index in [4.69, 9.17) is 4.42 Å². The molecular weight excluding hydrogens is 574 g/mol. The van der Waals surface area contributed by atoms with Crippen LogP contribution in [0.2, 0.25) is 0 Å². The first-order valence-corrected chi connectivity index (χ1v) is 15.9. The Morgan fingerprint density at radius 1 is 0.468 bits per heavy atom. The van der Waals surface area contributed by atoms with Crippen molar-refractivity contribution in [2.45, 2.75) is 0 Å². The molecule has 0 aliphatic carbocycles. The summed E-state index contributed by atoms with van der Waals surface area (Å²) < 4.78 is 10.9. The number of fused-ring (bicyclic) bond motifs is 7. The number of benzene rings is 7. The van der Waals surface area contributed by atoms with Crippen molar-refractivity contribution in [2.75, 3.05) is 0 Å². The van der Waals surface area contributed by atoms with E-state index in [1.165, 1.54) is 21.8 Å². The Labute approximate surface area is 270 Å². The molecule has 4 nitrogen and oxygen atoms in total. The summed E-state index contributed by atoms with van der Waals surface area (Å²) in [5, 5.41) is 4.73. The van der Waals surface area contributed by atoms with Crippen molar-refractivity contribution in [3.8, 4) is 33.6 Å². The van der Waals surface area contributed by atoms with Crippen molar-refractivity contribution in [1.82, 2.24) is 14.1 Å². The maximum Gasteiger partial charge on any atom is 0.143 e. The molecule has 3 heterocycles. The number of para-hydroxylation sites is 6. The van der Waals surface area contributed by atoms with Crippen molar-refractivity contribution >= 4 is 54.8 Å². The minimum Gasteiger partial charge on any atom is -0.455 e. The molecule has 3 aromatic heterocycles. The van der Waals surface area contributed by atoms with Gasteiger partial charge in [0.25, 0.3) is 0 Å². The lowest BCUT2D eigenvalue weighted by molar-refractivity contribution is 0.670. The standard InChI is InChI=1S/C43H27N3O/c1-5-16-38(45-27-44-37-15-4-7-18-41(37)45)31(10-1)28-20-23-30(24-21-28)46-39-17-6-2-11-33(39)36-26-29(22-25-40(36)46)32-13-9-14-35-34-12-3-8-19-42(34)47-43(32)35/h1-27H. The second-order valence-electron chi connectivity index (χ2n) is 12.0. The monoisotopic (exact) mass is 601 g/mol. The smallest absolute Gasteiger partial charge is 0.143 e. The van der Waals surface area contributed by atoms with Crippen LogP contribution in [0.4, 0.5) is 0 Å². The van der Waals surface area contributed by atoms with Crippen molar-refractivity contribution in [3.05, 3.63) is 164 Å².